The summed E-state index contributed by atoms with van der Waals surface area (Å²) in [5, 5.41) is 0.159. The van der Waals surface area contributed by atoms with E-state index in [4.69, 9.17) is 11.5 Å². The number of alkyl halides is 1. The number of hydrogen-bond acceptors (Lipinski definition) is 4. The molecule has 22 heavy (non-hydrogen) atoms. The maximum atomic E-state index is 14.3. The number of rotatable bonds is 4. The van der Waals surface area contributed by atoms with E-state index in [1.165, 1.54) is 23.9 Å². The van der Waals surface area contributed by atoms with Gasteiger partial charge in [0.15, 0.2) is 5.17 Å². The third-order valence-electron chi connectivity index (χ3n) is 4.29. The van der Waals surface area contributed by atoms with E-state index in [9.17, 15) is 13.6 Å². The molecule has 1 heterocycles. The molecule has 3 atom stereocenters. The third kappa shape index (κ3) is 2.32. The number of carbonyl (C=O) groups is 1. The van der Waals surface area contributed by atoms with Crippen LogP contribution in [-0.2, 0) is 10.3 Å². The Hall–Kier alpha value is -1.15. The number of carbonyl (C=O) groups excluding carboxylic acids is 1. The Morgan fingerprint density at radius 2 is 2.27 bits per heavy atom. The highest BCUT2D eigenvalue weighted by molar-refractivity contribution is 9.10. The van der Waals surface area contributed by atoms with Crippen LogP contribution in [0.2, 0.25) is 0 Å². The zero-order valence-electron chi connectivity index (χ0n) is 11.5. The molecule has 0 bridgehead atoms. The van der Waals surface area contributed by atoms with Crippen LogP contribution in [-0.4, -0.2) is 22.5 Å². The van der Waals surface area contributed by atoms with E-state index in [2.05, 4.69) is 20.9 Å². The number of amidine groups is 1. The molecule has 1 saturated carbocycles. The summed E-state index contributed by atoms with van der Waals surface area (Å²) in [7, 11) is 0. The minimum Gasteiger partial charge on any atom is -0.378 e. The number of fused-ring (bicyclic) bond motifs is 1. The fourth-order valence-electron chi connectivity index (χ4n) is 3.31. The Morgan fingerprint density at radius 3 is 2.91 bits per heavy atom. The predicted octanol–water partition coefficient (Wildman–Crippen LogP) is 2.45. The van der Waals surface area contributed by atoms with E-state index in [0.29, 0.717) is 10.9 Å². The first-order chi connectivity index (χ1) is 10.3. The Kier molecular flexibility index (Phi) is 3.71. The number of amides is 1. The van der Waals surface area contributed by atoms with Crippen LogP contribution in [0.4, 0.5) is 8.78 Å². The molecule has 118 valence electrons. The van der Waals surface area contributed by atoms with Gasteiger partial charge in [-0.2, -0.15) is 0 Å². The molecule has 3 rings (SSSR count). The summed E-state index contributed by atoms with van der Waals surface area (Å²) in [5.41, 5.74) is 9.91. The van der Waals surface area contributed by atoms with Gasteiger partial charge in [0.05, 0.1) is 0 Å². The normalized spacial score (nSPS) is 33.0. The second kappa shape index (κ2) is 5.19. The molecule has 8 heteroatoms. The Balaban J connectivity index is 2.11. The molecule has 1 unspecified atom stereocenters. The van der Waals surface area contributed by atoms with Crippen LogP contribution >= 0.6 is 27.7 Å². The first-order valence-electron chi connectivity index (χ1n) is 6.67. The molecule has 1 amide bonds. The highest BCUT2D eigenvalue weighted by Crippen LogP contribution is 2.67. The molecule has 0 spiro atoms. The number of primary amides is 1. The molecule has 0 radical (unpaired) electrons. The summed E-state index contributed by atoms with van der Waals surface area (Å²) in [6.45, 7) is -0.882. The zero-order chi connectivity index (χ0) is 16.1. The largest absolute Gasteiger partial charge is 0.378 e. The molecule has 2 aliphatic rings. The van der Waals surface area contributed by atoms with Crippen LogP contribution in [0, 0.1) is 11.7 Å². The van der Waals surface area contributed by atoms with Crippen LogP contribution in [0.15, 0.2) is 27.7 Å². The number of nitrogens with zero attached hydrogens (tertiary/aromatic N) is 1. The van der Waals surface area contributed by atoms with Crippen molar-refractivity contribution in [1.82, 2.24) is 0 Å². The molecule has 1 aromatic carbocycles. The summed E-state index contributed by atoms with van der Waals surface area (Å²) in [6, 6.07) is 4.33. The number of nitrogens with two attached hydrogens (primary N) is 2. The zero-order valence-corrected chi connectivity index (χ0v) is 13.9. The van der Waals surface area contributed by atoms with Crippen LogP contribution in [0.25, 0.3) is 0 Å². The quantitative estimate of drug-likeness (QED) is 0.829. The van der Waals surface area contributed by atoms with Crippen LogP contribution in [0.1, 0.15) is 18.4 Å². The smallest absolute Gasteiger partial charge is 0.218 e. The summed E-state index contributed by atoms with van der Waals surface area (Å²) in [4.78, 5) is 15.6. The number of hydrogen-bond donors (Lipinski definition) is 2. The van der Waals surface area contributed by atoms with Gasteiger partial charge in [0.25, 0.3) is 0 Å². The van der Waals surface area contributed by atoms with Crippen molar-refractivity contribution in [2.45, 2.75) is 23.1 Å². The molecule has 1 fully saturated rings. The maximum absolute atomic E-state index is 14.3. The fraction of sp³-hybridized carbons (Fsp3) is 0.429. The molecule has 1 aliphatic heterocycles. The Labute approximate surface area is 138 Å². The lowest BCUT2D eigenvalue weighted by molar-refractivity contribution is -0.118. The van der Waals surface area contributed by atoms with E-state index in [0.717, 1.165) is 0 Å². The van der Waals surface area contributed by atoms with Gasteiger partial charge in [0, 0.05) is 27.1 Å². The topological polar surface area (TPSA) is 81.5 Å². The lowest BCUT2D eigenvalue weighted by Crippen LogP contribution is -2.41. The van der Waals surface area contributed by atoms with Crippen molar-refractivity contribution < 1.29 is 13.6 Å². The third-order valence-corrected chi connectivity index (χ3v) is 6.09. The summed E-state index contributed by atoms with van der Waals surface area (Å²) in [5.74, 6) is -1.32. The van der Waals surface area contributed by atoms with Gasteiger partial charge < -0.3 is 11.5 Å². The van der Waals surface area contributed by atoms with Crippen molar-refractivity contribution in [2.75, 3.05) is 6.67 Å². The predicted molar refractivity (Wildman–Crippen MR) is 85.6 cm³/mol. The molecule has 1 aliphatic carbocycles. The minimum atomic E-state index is -1.39. The monoisotopic (exact) mass is 389 g/mol. The van der Waals surface area contributed by atoms with E-state index in [-0.39, 0.29) is 23.1 Å². The van der Waals surface area contributed by atoms with Gasteiger partial charge in [-0.3, -0.25) is 4.79 Å². The van der Waals surface area contributed by atoms with Gasteiger partial charge >= 0.3 is 0 Å². The lowest BCUT2D eigenvalue weighted by Gasteiger charge is -2.35. The summed E-state index contributed by atoms with van der Waals surface area (Å²) in [6.07, 6.45) is 0.608. The number of halogens is 3. The fourth-order valence-corrected chi connectivity index (χ4v) is 5.10. The van der Waals surface area contributed by atoms with Crippen LogP contribution in [0.5, 0.6) is 0 Å². The Morgan fingerprint density at radius 1 is 1.55 bits per heavy atom. The van der Waals surface area contributed by atoms with Crippen molar-refractivity contribution in [3.8, 4) is 0 Å². The van der Waals surface area contributed by atoms with Crippen molar-refractivity contribution in [3.63, 3.8) is 0 Å². The molecule has 0 saturated heterocycles. The summed E-state index contributed by atoms with van der Waals surface area (Å²) >= 11 is 4.51. The van der Waals surface area contributed by atoms with E-state index in [1.54, 1.807) is 6.07 Å². The van der Waals surface area contributed by atoms with Crippen LogP contribution in [0.3, 0.4) is 0 Å². The number of aliphatic imine (C=N–C) groups is 1. The van der Waals surface area contributed by atoms with Crippen molar-refractivity contribution in [1.29, 1.82) is 0 Å². The first-order valence-corrected chi connectivity index (χ1v) is 8.28. The van der Waals surface area contributed by atoms with Crippen molar-refractivity contribution >= 4 is 38.8 Å². The Bertz CT molecular complexity index is 686. The van der Waals surface area contributed by atoms with Gasteiger partial charge in [-0.15, -0.1) is 0 Å². The number of benzene rings is 1. The van der Waals surface area contributed by atoms with Crippen molar-refractivity contribution in [3.05, 3.63) is 34.1 Å². The molecular formula is C14H14BrF2N3OS. The number of thioether (sulfide) groups is 1. The SMILES string of the molecule is NC(=O)CC12C[C@H]1[C@@](CF)(c1cc(Br)ccc1F)N=C(N)S2. The van der Waals surface area contributed by atoms with E-state index >= 15 is 0 Å². The molecule has 4 N–H and O–H groups in total. The average molecular weight is 390 g/mol. The average Bonchev–Trinajstić information content (AvgIpc) is 3.13. The highest BCUT2D eigenvalue weighted by atomic mass is 79.9. The van der Waals surface area contributed by atoms with Gasteiger partial charge in [-0.1, -0.05) is 27.7 Å². The highest BCUT2D eigenvalue weighted by Gasteiger charge is 2.68. The van der Waals surface area contributed by atoms with E-state index < -0.39 is 28.7 Å². The standard InChI is InChI=1S/C14H14BrF2N3OS/c15-7-1-2-9(17)8(3-7)14(6-16)10-4-13(10,5-11(18)21)22-12(19)20-14/h1-3,10H,4-6H2,(H2,18,21)(H2,19,20)/t10-,13?,14-/m1/s1. The van der Waals surface area contributed by atoms with Gasteiger partial charge in [-0.05, 0) is 24.6 Å². The second-order valence-corrected chi connectivity index (χ2v) is 8.05. The second-order valence-electron chi connectivity index (χ2n) is 5.70. The molecular weight excluding hydrogens is 376 g/mol. The maximum Gasteiger partial charge on any atom is 0.218 e. The van der Waals surface area contributed by atoms with E-state index in [1.807, 2.05) is 0 Å². The van der Waals surface area contributed by atoms with Crippen LogP contribution < -0.4 is 11.5 Å². The summed E-state index contributed by atoms with van der Waals surface area (Å²) < 4.78 is 28.4. The van der Waals surface area contributed by atoms with Gasteiger partial charge in [0.2, 0.25) is 5.91 Å². The van der Waals surface area contributed by atoms with Gasteiger partial charge in [0.1, 0.15) is 18.0 Å². The minimum absolute atomic E-state index is 0.0793. The molecule has 4 nitrogen and oxygen atoms in total. The molecule has 1 aromatic rings. The lowest BCUT2D eigenvalue weighted by atomic mass is 9.84. The van der Waals surface area contributed by atoms with Gasteiger partial charge in [-0.25, -0.2) is 13.8 Å². The molecule has 0 aromatic heterocycles. The van der Waals surface area contributed by atoms with Crippen molar-refractivity contribution in [2.24, 2.45) is 22.4 Å². The first kappa shape index (κ1) is 15.7.